The van der Waals surface area contributed by atoms with Crippen LogP contribution in [-0.4, -0.2) is 33.7 Å². The highest BCUT2D eigenvalue weighted by Crippen LogP contribution is 2.30. The van der Waals surface area contributed by atoms with Gasteiger partial charge in [0.1, 0.15) is 0 Å². The fourth-order valence-electron chi connectivity index (χ4n) is 2.69. The molecular weight excluding hydrogens is 425 g/mol. The fraction of sp³-hybridized carbons (Fsp3) is 0.111. The van der Waals surface area contributed by atoms with E-state index < -0.39 is 5.91 Å². The number of nitrogens with two attached hydrogens (primary N) is 1. The van der Waals surface area contributed by atoms with Crippen molar-refractivity contribution in [1.82, 2.24) is 15.0 Å². The summed E-state index contributed by atoms with van der Waals surface area (Å²) in [5, 5.41) is 11.4. The van der Waals surface area contributed by atoms with Crippen LogP contribution in [0.4, 0.5) is 5.82 Å². The van der Waals surface area contributed by atoms with Gasteiger partial charge in [-0.15, -0.1) is 5.10 Å². The molecule has 10 heteroatoms. The summed E-state index contributed by atoms with van der Waals surface area (Å²) in [5.41, 5.74) is 6.58. The molecule has 28 heavy (non-hydrogen) atoms. The van der Waals surface area contributed by atoms with Crippen molar-refractivity contribution in [2.45, 2.75) is 6.54 Å². The van der Waals surface area contributed by atoms with E-state index in [1.54, 1.807) is 43.4 Å². The third kappa shape index (κ3) is 3.96. The van der Waals surface area contributed by atoms with E-state index in [2.05, 4.69) is 15.6 Å². The maximum Gasteiger partial charge on any atom is 0.273 e. The Morgan fingerprint density at radius 3 is 2.25 bits per heavy atom. The smallest absolute Gasteiger partial charge is 0.273 e. The molecule has 0 saturated heterocycles. The summed E-state index contributed by atoms with van der Waals surface area (Å²) in [7, 11) is 1.62. The Balaban J connectivity index is 1.93. The van der Waals surface area contributed by atoms with Gasteiger partial charge in [0.05, 0.1) is 22.2 Å². The number of carbonyl (C=O) groups excluding carboxylic acids is 2. The van der Waals surface area contributed by atoms with Crippen LogP contribution in [-0.2, 0) is 6.54 Å². The minimum Gasteiger partial charge on any atom is -0.371 e. The highest BCUT2D eigenvalue weighted by Gasteiger charge is 2.20. The van der Waals surface area contributed by atoms with Gasteiger partial charge in [-0.3, -0.25) is 9.59 Å². The number of rotatable bonds is 6. The first kappa shape index (κ1) is 20.1. The molecule has 1 aromatic heterocycles. The number of anilines is 1. The molecule has 0 radical (unpaired) electrons. The summed E-state index contributed by atoms with van der Waals surface area (Å²) in [6, 6.07) is 9.66. The molecule has 0 aliphatic carbocycles. The molecule has 0 spiro atoms. The second-order valence-corrected chi connectivity index (χ2v) is 7.08. The number of halogens is 3. The standard InChI is InChI=1S/C18H14Cl3N5O2/c1-23-18-15(17(22)28)24-25-26(18)8-9-6-12(20)14(13(21)7-9)16(27)10-2-4-11(19)5-3-10/h2-7,23H,8H2,1H3,(H2,22,28). The molecule has 0 fully saturated rings. The number of nitrogens with zero attached hydrogens (tertiary/aromatic N) is 3. The molecule has 0 aliphatic heterocycles. The second-order valence-electron chi connectivity index (χ2n) is 5.83. The Labute approximate surface area is 175 Å². The second kappa shape index (κ2) is 8.18. The quantitative estimate of drug-likeness (QED) is 0.572. The van der Waals surface area contributed by atoms with E-state index in [1.165, 1.54) is 4.68 Å². The van der Waals surface area contributed by atoms with E-state index in [1.807, 2.05) is 0 Å². The van der Waals surface area contributed by atoms with Crippen LogP contribution in [0.25, 0.3) is 0 Å². The van der Waals surface area contributed by atoms with Gasteiger partial charge < -0.3 is 11.1 Å². The van der Waals surface area contributed by atoms with Gasteiger partial charge >= 0.3 is 0 Å². The number of carbonyl (C=O) groups is 2. The van der Waals surface area contributed by atoms with Gasteiger partial charge in [0, 0.05) is 17.6 Å². The summed E-state index contributed by atoms with van der Waals surface area (Å²) < 4.78 is 1.45. The normalized spacial score (nSPS) is 10.7. The van der Waals surface area contributed by atoms with Gasteiger partial charge in [0.25, 0.3) is 5.91 Å². The van der Waals surface area contributed by atoms with Crippen molar-refractivity contribution in [3.63, 3.8) is 0 Å². The molecule has 144 valence electrons. The number of nitrogens with one attached hydrogen (secondary N) is 1. The lowest BCUT2D eigenvalue weighted by molar-refractivity contribution is 0.0994. The summed E-state index contributed by atoms with van der Waals surface area (Å²) in [5.74, 6) is -0.650. The largest absolute Gasteiger partial charge is 0.371 e. The molecular formula is C18H14Cl3N5O2. The van der Waals surface area contributed by atoms with Crippen LogP contribution in [0.15, 0.2) is 36.4 Å². The fourth-order valence-corrected chi connectivity index (χ4v) is 3.52. The third-order valence-corrected chi connectivity index (χ3v) is 4.82. The van der Waals surface area contributed by atoms with Crippen LogP contribution < -0.4 is 11.1 Å². The van der Waals surface area contributed by atoms with Crippen molar-refractivity contribution >= 4 is 52.3 Å². The van der Waals surface area contributed by atoms with Gasteiger partial charge in [0.2, 0.25) is 0 Å². The predicted octanol–water partition coefficient (Wildman–Crippen LogP) is 3.66. The SMILES string of the molecule is CNc1c(C(N)=O)nnn1Cc1cc(Cl)c(C(=O)c2ccc(Cl)cc2)c(Cl)c1. The van der Waals surface area contributed by atoms with Crippen LogP contribution in [0.1, 0.15) is 32.0 Å². The van der Waals surface area contributed by atoms with E-state index in [-0.39, 0.29) is 33.6 Å². The highest BCUT2D eigenvalue weighted by molar-refractivity contribution is 6.41. The number of ketones is 1. The summed E-state index contributed by atoms with van der Waals surface area (Å²) in [6.45, 7) is 0.214. The van der Waals surface area contributed by atoms with Crippen molar-refractivity contribution in [2.75, 3.05) is 12.4 Å². The first-order valence-electron chi connectivity index (χ1n) is 8.01. The van der Waals surface area contributed by atoms with Crippen LogP contribution in [0, 0.1) is 0 Å². The zero-order valence-corrected chi connectivity index (χ0v) is 16.8. The lowest BCUT2D eigenvalue weighted by Crippen LogP contribution is -2.15. The molecule has 0 saturated carbocycles. The minimum absolute atomic E-state index is 0.0224. The van der Waals surface area contributed by atoms with E-state index in [9.17, 15) is 9.59 Å². The van der Waals surface area contributed by atoms with Crippen molar-refractivity contribution in [3.05, 3.63) is 73.9 Å². The lowest BCUT2D eigenvalue weighted by Gasteiger charge is -2.11. The molecule has 0 unspecified atom stereocenters. The highest BCUT2D eigenvalue weighted by atomic mass is 35.5. The number of benzene rings is 2. The number of primary amides is 1. The Kier molecular flexibility index (Phi) is 5.88. The molecule has 3 aromatic rings. The average Bonchev–Trinajstić information content (AvgIpc) is 3.04. The molecule has 3 rings (SSSR count). The van der Waals surface area contributed by atoms with Crippen molar-refractivity contribution in [3.8, 4) is 0 Å². The number of hydrogen-bond acceptors (Lipinski definition) is 5. The Hall–Kier alpha value is -2.61. The van der Waals surface area contributed by atoms with Crippen molar-refractivity contribution in [1.29, 1.82) is 0 Å². The maximum atomic E-state index is 12.7. The first-order valence-corrected chi connectivity index (χ1v) is 9.14. The van der Waals surface area contributed by atoms with Gasteiger partial charge in [-0.05, 0) is 42.0 Å². The predicted molar refractivity (Wildman–Crippen MR) is 109 cm³/mol. The van der Waals surface area contributed by atoms with E-state index >= 15 is 0 Å². The molecule has 0 aliphatic rings. The van der Waals surface area contributed by atoms with Gasteiger partial charge in [0.15, 0.2) is 17.3 Å². The van der Waals surface area contributed by atoms with E-state index in [0.717, 1.165) is 0 Å². The van der Waals surface area contributed by atoms with Crippen LogP contribution in [0.3, 0.4) is 0 Å². The zero-order chi connectivity index (χ0) is 20.4. The van der Waals surface area contributed by atoms with Crippen LogP contribution >= 0.6 is 34.8 Å². The van der Waals surface area contributed by atoms with Gasteiger partial charge in [-0.2, -0.15) is 0 Å². The number of hydrogen-bond donors (Lipinski definition) is 2. The Morgan fingerprint density at radius 1 is 1.11 bits per heavy atom. The number of amides is 1. The van der Waals surface area contributed by atoms with Gasteiger partial charge in [-0.1, -0.05) is 40.0 Å². The molecule has 3 N–H and O–H groups in total. The van der Waals surface area contributed by atoms with E-state index in [0.29, 0.717) is 22.0 Å². The molecule has 0 bridgehead atoms. The van der Waals surface area contributed by atoms with Crippen LogP contribution in [0.5, 0.6) is 0 Å². The summed E-state index contributed by atoms with van der Waals surface area (Å²) in [4.78, 5) is 24.2. The molecule has 2 aromatic carbocycles. The first-order chi connectivity index (χ1) is 13.3. The van der Waals surface area contributed by atoms with Crippen molar-refractivity contribution in [2.24, 2.45) is 5.73 Å². The van der Waals surface area contributed by atoms with Gasteiger partial charge in [-0.25, -0.2) is 4.68 Å². The molecule has 1 amide bonds. The topological polar surface area (TPSA) is 103 Å². The Morgan fingerprint density at radius 2 is 1.71 bits per heavy atom. The molecule has 7 nitrogen and oxygen atoms in total. The van der Waals surface area contributed by atoms with E-state index in [4.69, 9.17) is 40.5 Å². The Bertz CT molecular complexity index is 1040. The monoisotopic (exact) mass is 437 g/mol. The minimum atomic E-state index is -0.699. The zero-order valence-electron chi connectivity index (χ0n) is 14.5. The van der Waals surface area contributed by atoms with Crippen molar-refractivity contribution < 1.29 is 9.59 Å². The van der Waals surface area contributed by atoms with Crippen LogP contribution in [0.2, 0.25) is 15.1 Å². The average molecular weight is 439 g/mol. The third-order valence-electron chi connectivity index (χ3n) is 3.97. The lowest BCUT2D eigenvalue weighted by atomic mass is 10.0. The molecule has 1 heterocycles. The maximum absolute atomic E-state index is 12.7. The molecule has 0 atom stereocenters. The summed E-state index contributed by atoms with van der Waals surface area (Å²) >= 11 is 18.5. The summed E-state index contributed by atoms with van der Waals surface area (Å²) in [6.07, 6.45) is 0. The number of aromatic nitrogens is 3.